The van der Waals surface area contributed by atoms with Gasteiger partial charge in [0.15, 0.2) is 5.82 Å². The summed E-state index contributed by atoms with van der Waals surface area (Å²) in [6.07, 6.45) is 1.85. The van der Waals surface area contributed by atoms with Gasteiger partial charge in [-0.1, -0.05) is 54.6 Å². The van der Waals surface area contributed by atoms with Gasteiger partial charge in [0.05, 0.1) is 6.67 Å². The van der Waals surface area contributed by atoms with Gasteiger partial charge in [-0.15, -0.1) is 5.10 Å². The van der Waals surface area contributed by atoms with Crippen molar-refractivity contribution < 1.29 is 0 Å². The van der Waals surface area contributed by atoms with Gasteiger partial charge in [-0.3, -0.25) is 9.47 Å². The zero-order valence-corrected chi connectivity index (χ0v) is 18.0. The SMILES string of the molecule is S=c1n(CN2CCN(c3ccccn3)CC2)nc(-c2ccccc2)n1-c1ccccc1. The fraction of sp³-hybridized carbons (Fsp3) is 0.208. The molecule has 0 aliphatic carbocycles. The Kier molecular flexibility index (Phi) is 5.60. The fourth-order valence-electron chi connectivity index (χ4n) is 3.93. The van der Waals surface area contributed by atoms with Gasteiger partial charge in [-0.2, -0.15) is 0 Å². The number of hydrogen-bond donors (Lipinski definition) is 0. The van der Waals surface area contributed by atoms with Crippen LogP contribution in [-0.4, -0.2) is 50.4 Å². The van der Waals surface area contributed by atoms with E-state index in [1.165, 1.54) is 0 Å². The van der Waals surface area contributed by atoms with Gasteiger partial charge in [0.1, 0.15) is 5.82 Å². The lowest BCUT2D eigenvalue weighted by atomic mass is 10.2. The number of rotatable bonds is 5. The lowest BCUT2D eigenvalue weighted by Gasteiger charge is -2.35. The monoisotopic (exact) mass is 428 g/mol. The number of anilines is 1. The Hall–Kier alpha value is -3.29. The first-order valence-electron chi connectivity index (χ1n) is 10.5. The van der Waals surface area contributed by atoms with Gasteiger partial charge in [0.2, 0.25) is 4.77 Å². The maximum Gasteiger partial charge on any atom is 0.204 e. The topological polar surface area (TPSA) is 42.1 Å². The third kappa shape index (κ3) is 4.15. The van der Waals surface area contributed by atoms with Crippen LogP contribution in [0.2, 0.25) is 0 Å². The summed E-state index contributed by atoms with van der Waals surface area (Å²) in [5, 5.41) is 4.94. The summed E-state index contributed by atoms with van der Waals surface area (Å²) < 4.78 is 4.72. The molecule has 0 amide bonds. The van der Waals surface area contributed by atoms with Crippen LogP contribution in [0.1, 0.15) is 0 Å². The Labute approximate surface area is 187 Å². The quantitative estimate of drug-likeness (QED) is 0.445. The highest BCUT2D eigenvalue weighted by molar-refractivity contribution is 7.71. The summed E-state index contributed by atoms with van der Waals surface area (Å²) in [6.45, 7) is 4.44. The zero-order valence-electron chi connectivity index (χ0n) is 17.2. The Balaban J connectivity index is 1.40. The Morgan fingerprint density at radius 2 is 1.45 bits per heavy atom. The molecule has 7 heteroatoms. The first-order valence-corrected chi connectivity index (χ1v) is 10.9. The molecule has 0 spiro atoms. The minimum absolute atomic E-state index is 0.675. The maximum absolute atomic E-state index is 5.88. The summed E-state index contributed by atoms with van der Waals surface area (Å²) in [7, 11) is 0. The highest BCUT2D eigenvalue weighted by Crippen LogP contribution is 2.23. The second-order valence-corrected chi connectivity index (χ2v) is 7.94. The van der Waals surface area contributed by atoms with E-state index in [1.807, 2.05) is 59.4 Å². The number of hydrogen-bond acceptors (Lipinski definition) is 5. The van der Waals surface area contributed by atoms with E-state index in [-0.39, 0.29) is 0 Å². The summed E-state index contributed by atoms with van der Waals surface area (Å²) in [6, 6.07) is 26.5. The number of pyridine rings is 1. The van der Waals surface area contributed by atoms with Gasteiger partial charge in [-0.25, -0.2) is 9.67 Å². The maximum atomic E-state index is 5.88. The molecular weight excluding hydrogens is 404 g/mol. The third-order valence-electron chi connectivity index (χ3n) is 5.57. The molecule has 31 heavy (non-hydrogen) atoms. The van der Waals surface area contributed by atoms with Crippen LogP contribution in [-0.2, 0) is 6.67 Å². The Morgan fingerprint density at radius 1 is 0.774 bits per heavy atom. The van der Waals surface area contributed by atoms with Gasteiger partial charge in [-0.05, 0) is 36.5 Å². The molecular formula is C24H24N6S. The molecule has 0 N–H and O–H groups in total. The van der Waals surface area contributed by atoms with E-state index >= 15 is 0 Å². The molecule has 5 rings (SSSR count). The largest absolute Gasteiger partial charge is 0.354 e. The summed E-state index contributed by atoms with van der Waals surface area (Å²) in [5.74, 6) is 1.91. The molecule has 2 aromatic heterocycles. The molecule has 1 aliphatic rings. The van der Waals surface area contributed by atoms with Crippen LogP contribution < -0.4 is 4.90 Å². The third-order valence-corrected chi connectivity index (χ3v) is 5.96. The molecule has 156 valence electrons. The van der Waals surface area contributed by atoms with Gasteiger partial charge >= 0.3 is 0 Å². The first-order chi connectivity index (χ1) is 15.3. The molecule has 0 saturated carbocycles. The second-order valence-electron chi connectivity index (χ2n) is 7.58. The van der Waals surface area contributed by atoms with E-state index in [0.717, 1.165) is 49.1 Å². The lowest BCUT2D eigenvalue weighted by molar-refractivity contribution is 0.194. The molecule has 4 aromatic rings. The highest BCUT2D eigenvalue weighted by atomic mass is 32.1. The van der Waals surface area contributed by atoms with Crippen LogP contribution >= 0.6 is 12.2 Å². The number of para-hydroxylation sites is 1. The van der Waals surface area contributed by atoms with Crippen LogP contribution in [0, 0.1) is 4.77 Å². The average molecular weight is 429 g/mol. The van der Waals surface area contributed by atoms with E-state index in [4.69, 9.17) is 17.3 Å². The fourth-order valence-corrected chi connectivity index (χ4v) is 4.22. The number of piperazine rings is 1. The van der Waals surface area contributed by atoms with E-state index < -0.39 is 0 Å². The molecule has 1 saturated heterocycles. The predicted molar refractivity (Wildman–Crippen MR) is 126 cm³/mol. The predicted octanol–water partition coefficient (Wildman–Crippen LogP) is 4.24. The van der Waals surface area contributed by atoms with Crippen molar-refractivity contribution in [2.24, 2.45) is 0 Å². The van der Waals surface area contributed by atoms with Crippen molar-refractivity contribution in [1.29, 1.82) is 0 Å². The summed E-state index contributed by atoms with van der Waals surface area (Å²) >= 11 is 5.88. The molecule has 0 unspecified atom stereocenters. The number of benzene rings is 2. The van der Waals surface area contributed by atoms with E-state index in [1.54, 1.807) is 0 Å². The molecule has 1 fully saturated rings. The first kappa shape index (κ1) is 19.7. The van der Waals surface area contributed by atoms with E-state index in [0.29, 0.717) is 11.4 Å². The van der Waals surface area contributed by atoms with Gasteiger partial charge in [0.25, 0.3) is 0 Å². The van der Waals surface area contributed by atoms with Crippen LogP contribution in [0.5, 0.6) is 0 Å². The number of aromatic nitrogens is 4. The highest BCUT2D eigenvalue weighted by Gasteiger charge is 2.20. The zero-order chi connectivity index (χ0) is 21.0. The molecule has 0 bridgehead atoms. The average Bonchev–Trinajstić information content (AvgIpc) is 3.17. The Bertz CT molecular complexity index is 1180. The minimum Gasteiger partial charge on any atom is -0.354 e. The van der Waals surface area contributed by atoms with Crippen LogP contribution in [0.15, 0.2) is 85.1 Å². The van der Waals surface area contributed by atoms with Gasteiger partial charge < -0.3 is 4.90 Å². The van der Waals surface area contributed by atoms with Crippen molar-refractivity contribution >= 4 is 18.0 Å². The molecule has 2 aromatic carbocycles. The van der Waals surface area contributed by atoms with E-state index in [2.05, 4.69) is 49.7 Å². The van der Waals surface area contributed by atoms with E-state index in [9.17, 15) is 0 Å². The van der Waals surface area contributed by atoms with Crippen molar-refractivity contribution in [3.63, 3.8) is 0 Å². The molecule has 0 radical (unpaired) electrons. The van der Waals surface area contributed by atoms with Crippen molar-refractivity contribution in [3.8, 4) is 17.1 Å². The molecule has 6 nitrogen and oxygen atoms in total. The molecule has 0 atom stereocenters. The van der Waals surface area contributed by atoms with Crippen LogP contribution in [0.4, 0.5) is 5.82 Å². The minimum atomic E-state index is 0.675. The van der Waals surface area contributed by atoms with Crippen molar-refractivity contribution in [1.82, 2.24) is 24.2 Å². The van der Waals surface area contributed by atoms with Crippen molar-refractivity contribution in [3.05, 3.63) is 89.8 Å². The van der Waals surface area contributed by atoms with Gasteiger partial charge in [0, 0.05) is 43.6 Å². The standard InChI is InChI=1S/C24H24N6S/c31-24-29(19-27-15-17-28(18-16-27)22-13-7-8-14-25-22)26-23(20-9-3-1-4-10-20)30(24)21-11-5-2-6-12-21/h1-14H,15-19H2. The molecule has 1 aliphatic heterocycles. The van der Waals surface area contributed by atoms with Crippen LogP contribution in [0.3, 0.4) is 0 Å². The normalized spacial score (nSPS) is 14.6. The second kappa shape index (κ2) is 8.83. The van der Waals surface area contributed by atoms with Crippen LogP contribution in [0.25, 0.3) is 17.1 Å². The van der Waals surface area contributed by atoms with Crippen molar-refractivity contribution in [2.45, 2.75) is 6.67 Å². The Morgan fingerprint density at radius 3 is 2.13 bits per heavy atom. The number of nitrogens with zero attached hydrogens (tertiary/aromatic N) is 6. The molecule has 3 heterocycles. The smallest absolute Gasteiger partial charge is 0.204 e. The lowest BCUT2D eigenvalue weighted by Crippen LogP contribution is -2.47. The van der Waals surface area contributed by atoms with Crippen molar-refractivity contribution in [2.75, 3.05) is 31.1 Å². The summed E-state index contributed by atoms with van der Waals surface area (Å²) in [5.41, 5.74) is 2.08. The summed E-state index contributed by atoms with van der Waals surface area (Å²) in [4.78, 5) is 9.20.